The SMILES string of the molecule is NC(=S)Cc1ccc(S(=O)(=O)NCc2nn[nH]n2)cc1. The van der Waals surface area contributed by atoms with E-state index in [1.165, 1.54) is 12.1 Å². The monoisotopic (exact) mass is 312 g/mol. The fourth-order valence-electron chi connectivity index (χ4n) is 1.49. The first kappa shape index (κ1) is 14.5. The number of nitrogens with two attached hydrogens (primary N) is 1. The zero-order valence-electron chi connectivity index (χ0n) is 10.3. The van der Waals surface area contributed by atoms with E-state index in [4.69, 9.17) is 18.0 Å². The average Bonchev–Trinajstić information content (AvgIpc) is 2.89. The van der Waals surface area contributed by atoms with Crippen molar-refractivity contribution in [2.24, 2.45) is 5.73 Å². The van der Waals surface area contributed by atoms with Gasteiger partial charge in [0.25, 0.3) is 0 Å². The van der Waals surface area contributed by atoms with Crippen molar-refractivity contribution in [2.75, 3.05) is 0 Å². The van der Waals surface area contributed by atoms with Crippen molar-refractivity contribution in [1.29, 1.82) is 0 Å². The normalized spacial score (nSPS) is 11.4. The fourth-order valence-corrected chi connectivity index (χ4v) is 2.63. The van der Waals surface area contributed by atoms with Gasteiger partial charge in [-0.05, 0) is 17.7 Å². The number of aromatic amines is 1. The van der Waals surface area contributed by atoms with Crippen LogP contribution in [0.1, 0.15) is 11.4 Å². The summed E-state index contributed by atoms with van der Waals surface area (Å²) in [4.78, 5) is 0.503. The van der Waals surface area contributed by atoms with E-state index in [1.54, 1.807) is 12.1 Å². The molecule has 0 aliphatic carbocycles. The Kier molecular flexibility index (Phi) is 4.37. The number of sulfonamides is 1. The summed E-state index contributed by atoms with van der Waals surface area (Å²) in [5.74, 6) is 0.263. The van der Waals surface area contributed by atoms with Crippen molar-refractivity contribution in [3.8, 4) is 0 Å². The van der Waals surface area contributed by atoms with Crippen LogP contribution in [0.15, 0.2) is 29.2 Å². The maximum Gasteiger partial charge on any atom is 0.240 e. The highest BCUT2D eigenvalue weighted by Gasteiger charge is 2.14. The Morgan fingerprint density at radius 2 is 2.05 bits per heavy atom. The highest BCUT2D eigenvalue weighted by molar-refractivity contribution is 7.89. The van der Waals surface area contributed by atoms with Gasteiger partial charge in [0.15, 0.2) is 5.82 Å². The largest absolute Gasteiger partial charge is 0.393 e. The van der Waals surface area contributed by atoms with Gasteiger partial charge in [-0.2, -0.15) is 5.21 Å². The first-order chi connectivity index (χ1) is 9.47. The molecule has 0 aliphatic heterocycles. The Hall–Kier alpha value is -1.91. The van der Waals surface area contributed by atoms with Crippen LogP contribution >= 0.6 is 12.2 Å². The molecule has 8 nitrogen and oxygen atoms in total. The van der Waals surface area contributed by atoms with E-state index < -0.39 is 10.0 Å². The van der Waals surface area contributed by atoms with Crippen LogP contribution in [0.3, 0.4) is 0 Å². The lowest BCUT2D eigenvalue weighted by molar-refractivity contribution is 0.579. The summed E-state index contributed by atoms with van der Waals surface area (Å²) in [5.41, 5.74) is 6.28. The zero-order chi connectivity index (χ0) is 14.6. The van der Waals surface area contributed by atoms with Gasteiger partial charge in [-0.15, -0.1) is 10.2 Å². The third kappa shape index (κ3) is 3.79. The summed E-state index contributed by atoms with van der Waals surface area (Å²) >= 11 is 4.80. The fraction of sp³-hybridized carbons (Fsp3) is 0.200. The van der Waals surface area contributed by atoms with Crippen molar-refractivity contribution >= 4 is 27.2 Å². The lowest BCUT2D eigenvalue weighted by atomic mass is 10.1. The van der Waals surface area contributed by atoms with Crippen LogP contribution in [0.2, 0.25) is 0 Å². The van der Waals surface area contributed by atoms with Crippen molar-refractivity contribution in [3.63, 3.8) is 0 Å². The molecule has 0 amide bonds. The van der Waals surface area contributed by atoms with Crippen molar-refractivity contribution < 1.29 is 8.42 Å². The smallest absolute Gasteiger partial charge is 0.240 e. The van der Waals surface area contributed by atoms with Crippen LogP contribution in [0.25, 0.3) is 0 Å². The topological polar surface area (TPSA) is 127 Å². The molecule has 0 atom stereocenters. The Morgan fingerprint density at radius 3 is 2.60 bits per heavy atom. The zero-order valence-corrected chi connectivity index (χ0v) is 11.9. The van der Waals surface area contributed by atoms with Crippen molar-refractivity contribution in [2.45, 2.75) is 17.9 Å². The third-order valence-corrected chi connectivity index (χ3v) is 3.98. The maximum absolute atomic E-state index is 12.0. The third-order valence-electron chi connectivity index (χ3n) is 2.42. The summed E-state index contributed by atoms with van der Waals surface area (Å²) < 4.78 is 26.4. The van der Waals surface area contributed by atoms with Gasteiger partial charge in [0.2, 0.25) is 10.0 Å². The number of thiocarbonyl (C=S) groups is 1. The van der Waals surface area contributed by atoms with Gasteiger partial charge in [-0.3, -0.25) is 0 Å². The predicted molar refractivity (Wildman–Crippen MR) is 75.1 cm³/mol. The van der Waals surface area contributed by atoms with Crippen LogP contribution in [-0.4, -0.2) is 34.0 Å². The molecule has 1 aromatic heterocycles. The first-order valence-corrected chi connectivity index (χ1v) is 7.46. The maximum atomic E-state index is 12.0. The van der Waals surface area contributed by atoms with E-state index in [9.17, 15) is 8.42 Å². The van der Waals surface area contributed by atoms with E-state index in [-0.39, 0.29) is 17.3 Å². The van der Waals surface area contributed by atoms with Gasteiger partial charge < -0.3 is 5.73 Å². The van der Waals surface area contributed by atoms with E-state index in [2.05, 4.69) is 25.3 Å². The second-order valence-corrected chi connectivity index (χ2v) is 6.23. The summed E-state index contributed by atoms with van der Waals surface area (Å²) in [6.07, 6.45) is 0.436. The van der Waals surface area contributed by atoms with E-state index in [1.807, 2.05) is 0 Å². The minimum absolute atomic E-state index is 0.0343. The quantitative estimate of drug-likeness (QED) is 0.614. The van der Waals surface area contributed by atoms with E-state index in [0.717, 1.165) is 5.56 Å². The van der Waals surface area contributed by atoms with Crippen LogP contribution in [-0.2, 0) is 23.0 Å². The number of hydrogen-bond donors (Lipinski definition) is 3. The van der Waals surface area contributed by atoms with Gasteiger partial charge in [0.05, 0.1) is 16.4 Å². The lowest BCUT2D eigenvalue weighted by Gasteiger charge is -2.06. The number of rotatable bonds is 6. The second kappa shape index (κ2) is 6.03. The molecule has 1 aromatic carbocycles. The molecule has 2 aromatic rings. The lowest BCUT2D eigenvalue weighted by Crippen LogP contribution is -2.24. The number of aromatic nitrogens is 4. The summed E-state index contributed by atoms with van der Waals surface area (Å²) in [5, 5.41) is 12.9. The highest BCUT2D eigenvalue weighted by Crippen LogP contribution is 2.11. The van der Waals surface area contributed by atoms with Gasteiger partial charge in [0, 0.05) is 6.42 Å². The Labute approximate surface area is 120 Å². The second-order valence-electron chi connectivity index (χ2n) is 3.94. The molecule has 1 heterocycles. The molecule has 4 N–H and O–H groups in total. The minimum atomic E-state index is -3.62. The summed E-state index contributed by atoms with van der Waals surface area (Å²) in [6.45, 7) is -0.0343. The van der Waals surface area contributed by atoms with Crippen LogP contribution < -0.4 is 10.5 Å². The molecule has 0 saturated heterocycles. The Morgan fingerprint density at radius 1 is 1.35 bits per heavy atom. The molecule has 2 rings (SSSR count). The molecule has 10 heteroatoms. The summed E-state index contributed by atoms with van der Waals surface area (Å²) in [6, 6.07) is 6.32. The van der Waals surface area contributed by atoms with Gasteiger partial charge in [-0.25, -0.2) is 13.1 Å². The van der Waals surface area contributed by atoms with Crippen molar-refractivity contribution in [1.82, 2.24) is 25.3 Å². The van der Waals surface area contributed by atoms with E-state index >= 15 is 0 Å². The predicted octanol–water partition coefficient (Wildman–Crippen LogP) is -0.493. The van der Waals surface area contributed by atoms with Gasteiger partial charge in [0.1, 0.15) is 0 Å². The van der Waals surface area contributed by atoms with Crippen LogP contribution in [0, 0.1) is 0 Å². The number of benzene rings is 1. The van der Waals surface area contributed by atoms with Gasteiger partial charge in [-0.1, -0.05) is 29.6 Å². The molecule has 0 aliphatic rings. The molecule has 0 bridgehead atoms. The summed E-state index contributed by atoms with van der Waals surface area (Å²) in [7, 11) is -3.62. The molecular weight excluding hydrogens is 300 g/mol. The van der Waals surface area contributed by atoms with Crippen LogP contribution in [0.5, 0.6) is 0 Å². The number of nitrogens with zero attached hydrogens (tertiary/aromatic N) is 3. The highest BCUT2D eigenvalue weighted by atomic mass is 32.2. The standard InChI is InChI=1S/C10H12N6O2S2/c11-9(19)5-7-1-3-8(4-2-7)20(17,18)12-6-10-13-15-16-14-10/h1-4,12H,5-6H2,(H2,11,19)(H,13,14,15,16). The Bertz CT molecular complexity index is 681. The average molecular weight is 312 g/mol. The van der Waals surface area contributed by atoms with Gasteiger partial charge >= 0.3 is 0 Å². The number of tetrazole rings is 1. The minimum Gasteiger partial charge on any atom is -0.393 e. The molecule has 0 fully saturated rings. The molecule has 0 spiro atoms. The number of nitrogens with one attached hydrogen (secondary N) is 2. The number of H-pyrrole nitrogens is 1. The molecule has 0 saturated carbocycles. The van der Waals surface area contributed by atoms with Crippen molar-refractivity contribution in [3.05, 3.63) is 35.7 Å². The Balaban J connectivity index is 2.07. The van der Waals surface area contributed by atoms with E-state index in [0.29, 0.717) is 11.4 Å². The van der Waals surface area contributed by atoms with Crippen LogP contribution in [0.4, 0.5) is 0 Å². The number of hydrogen-bond acceptors (Lipinski definition) is 6. The molecule has 0 radical (unpaired) electrons. The first-order valence-electron chi connectivity index (χ1n) is 5.56. The molecule has 106 valence electrons. The molecular formula is C10H12N6O2S2. The molecule has 20 heavy (non-hydrogen) atoms. The molecule has 0 unspecified atom stereocenters.